The third-order valence-electron chi connectivity index (χ3n) is 6.33. The van der Waals surface area contributed by atoms with E-state index in [1.54, 1.807) is 4.68 Å². The largest absolute Gasteiger partial charge is 0.339 e. The van der Waals surface area contributed by atoms with Gasteiger partial charge in [-0.25, -0.2) is 4.98 Å². The van der Waals surface area contributed by atoms with Crippen LogP contribution in [0.15, 0.2) is 61.7 Å². The number of benzene rings is 1. The molecule has 0 atom stereocenters. The molecule has 0 fully saturated rings. The molecule has 1 amide bonds. The van der Waals surface area contributed by atoms with Crippen molar-refractivity contribution in [3.63, 3.8) is 0 Å². The third-order valence-corrected chi connectivity index (χ3v) is 6.33. The molecule has 4 heterocycles. The van der Waals surface area contributed by atoms with Crippen molar-refractivity contribution in [2.45, 2.75) is 27.3 Å². The maximum atomic E-state index is 12.0. The van der Waals surface area contributed by atoms with Gasteiger partial charge in [-0.3, -0.25) is 14.2 Å². The average Bonchev–Trinajstić information content (AvgIpc) is 3.56. The molecule has 176 valence electrons. The van der Waals surface area contributed by atoms with E-state index in [0.29, 0.717) is 0 Å². The normalized spacial score (nSPS) is 11.2. The third kappa shape index (κ3) is 3.93. The Balaban J connectivity index is 1.75. The number of H-pyrrole nitrogens is 1. The lowest BCUT2D eigenvalue weighted by Gasteiger charge is -2.11. The van der Waals surface area contributed by atoms with Gasteiger partial charge in [0.05, 0.1) is 18.1 Å². The topological polar surface area (TPSA) is 93.4 Å². The maximum absolute atomic E-state index is 12.0. The summed E-state index contributed by atoms with van der Waals surface area (Å²) in [6.45, 7) is 10.5. The molecule has 0 aliphatic carbocycles. The number of aromatic amines is 1. The minimum Gasteiger partial charge on any atom is -0.339 e. The van der Waals surface area contributed by atoms with Gasteiger partial charge < -0.3 is 10.3 Å². The van der Waals surface area contributed by atoms with E-state index in [1.165, 1.54) is 6.08 Å². The monoisotopic (exact) mass is 465 g/mol. The molecular weight excluding hydrogens is 438 g/mol. The van der Waals surface area contributed by atoms with Gasteiger partial charge in [0.2, 0.25) is 5.91 Å². The Bertz CT molecular complexity index is 1580. The lowest BCUT2D eigenvalue weighted by Crippen LogP contribution is -2.08. The maximum Gasteiger partial charge on any atom is 0.247 e. The van der Waals surface area contributed by atoms with Gasteiger partial charge in [0, 0.05) is 65.0 Å². The molecule has 0 radical (unpaired) electrons. The van der Waals surface area contributed by atoms with Crippen molar-refractivity contribution in [2.75, 3.05) is 5.32 Å². The molecule has 5 rings (SSSR count). The first-order valence-electron chi connectivity index (χ1n) is 11.5. The second kappa shape index (κ2) is 8.72. The smallest absolute Gasteiger partial charge is 0.247 e. The second-order valence-corrected chi connectivity index (χ2v) is 8.58. The van der Waals surface area contributed by atoms with Crippen LogP contribution in [0.2, 0.25) is 0 Å². The zero-order valence-electron chi connectivity index (χ0n) is 20.3. The predicted molar refractivity (Wildman–Crippen MR) is 139 cm³/mol. The molecule has 8 heteroatoms. The number of nitrogens with zero attached hydrogens (tertiary/aromatic N) is 5. The highest BCUT2D eigenvalue weighted by Gasteiger charge is 2.20. The summed E-state index contributed by atoms with van der Waals surface area (Å²) >= 11 is 0. The van der Waals surface area contributed by atoms with E-state index in [4.69, 9.17) is 4.98 Å². The van der Waals surface area contributed by atoms with E-state index in [0.717, 1.165) is 68.0 Å². The summed E-state index contributed by atoms with van der Waals surface area (Å²) in [5.41, 5.74) is 9.47. The summed E-state index contributed by atoms with van der Waals surface area (Å²) in [6.07, 6.45) is 8.85. The van der Waals surface area contributed by atoms with Crippen LogP contribution in [0.25, 0.3) is 44.5 Å². The molecule has 35 heavy (non-hydrogen) atoms. The summed E-state index contributed by atoms with van der Waals surface area (Å²) in [4.78, 5) is 20.3. The number of aryl methyl sites for hydroxylation is 3. The Hall–Kier alpha value is -4.46. The van der Waals surface area contributed by atoms with Gasteiger partial charge in [0.1, 0.15) is 5.65 Å². The van der Waals surface area contributed by atoms with E-state index in [9.17, 15) is 4.79 Å². The number of pyridine rings is 1. The van der Waals surface area contributed by atoms with Crippen molar-refractivity contribution in [1.82, 2.24) is 29.5 Å². The number of rotatable bonds is 6. The Morgan fingerprint density at radius 3 is 2.63 bits per heavy atom. The molecule has 8 nitrogen and oxygen atoms in total. The number of hydrogen-bond donors (Lipinski definition) is 2. The molecule has 5 aromatic rings. The molecule has 0 saturated carbocycles. The van der Waals surface area contributed by atoms with Crippen LogP contribution in [0, 0.1) is 13.8 Å². The molecular formula is C27H27N7O. The number of aromatic nitrogens is 6. The summed E-state index contributed by atoms with van der Waals surface area (Å²) in [5.74, 6) is -0.246. The number of carbonyl (C=O) groups excluding carboxylic acids is 1. The molecule has 1 aromatic carbocycles. The highest BCUT2D eigenvalue weighted by Crippen LogP contribution is 2.40. The van der Waals surface area contributed by atoms with Crippen molar-refractivity contribution < 1.29 is 4.79 Å². The van der Waals surface area contributed by atoms with E-state index in [2.05, 4.69) is 53.1 Å². The Labute approximate surface area is 203 Å². The van der Waals surface area contributed by atoms with Gasteiger partial charge in [-0.2, -0.15) is 10.2 Å². The van der Waals surface area contributed by atoms with Crippen LogP contribution in [-0.2, 0) is 18.4 Å². The van der Waals surface area contributed by atoms with Crippen LogP contribution in [0.1, 0.15) is 18.2 Å². The van der Waals surface area contributed by atoms with E-state index in [1.807, 2.05) is 55.6 Å². The van der Waals surface area contributed by atoms with Gasteiger partial charge in [-0.1, -0.05) is 18.7 Å². The Morgan fingerprint density at radius 1 is 1.11 bits per heavy atom. The number of fused-ring (bicyclic) bond motifs is 1. The Kier molecular flexibility index (Phi) is 5.56. The number of amides is 1. The van der Waals surface area contributed by atoms with Crippen LogP contribution in [0.3, 0.4) is 0 Å². The van der Waals surface area contributed by atoms with Crippen molar-refractivity contribution in [3.8, 4) is 33.5 Å². The quantitative estimate of drug-likeness (QED) is 0.335. The number of carbonyl (C=O) groups is 1. The van der Waals surface area contributed by atoms with Crippen LogP contribution in [0.4, 0.5) is 5.69 Å². The fourth-order valence-electron chi connectivity index (χ4n) is 4.43. The lowest BCUT2D eigenvalue weighted by molar-refractivity contribution is -0.111. The number of nitrogens with one attached hydrogen (secondary N) is 2. The minimum absolute atomic E-state index is 0.246. The van der Waals surface area contributed by atoms with E-state index in [-0.39, 0.29) is 5.91 Å². The fourth-order valence-corrected chi connectivity index (χ4v) is 4.43. The van der Waals surface area contributed by atoms with E-state index >= 15 is 0 Å². The Morgan fingerprint density at radius 2 is 1.94 bits per heavy atom. The lowest BCUT2D eigenvalue weighted by atomic mass is 9.97. The molecule has 0 spiro atoms. The van der Waals surface area contributed by atoms with Gasteiger partial charge in [-0.15, -0.1) is 0 Å². The fraction of sp³-hybridized carbons (Fsp3) is 0.185. The molecule has 0 aliphatic heterocycles. The van der Waals surface area contributed by atoms with Crippen LogP contribution in [0.5, 0.6) is 0 Å². The van der Waals surface area contributed by atoms with Crippen molar-refractivity contribution in [3.05, 3.63) is 73.0 Å². The first kappa shape index (κ1) is 22.3. The first-order valence-corrected chi connectivity index (χ1v) is 11.5. The molecule has 0 saturated heterocycles. The summed E-state index contributed by atoms with van der Waals surface area (Å²) in [6, 6.07) is 8.22. The van der Waals surface area contributed by atoms with Gasteiger partial charge >= 0.3 is 0 Å². The minimum atomic E-state index is -0.246. The number of hydrogen-bond acceptors (Lipinski definition) is 4. The summed E-state index contributed by atoms with van der Waals surface area (Å²) in [5, 5.41) is 12.8. The molecule has 2 N–H and O–H groups in total. The van der Waals surface area contributed by atoms with Gasteiger partial charge in [0.25, 0.3) is 0 Å². The number of anilines is 1. The van der Waals surface area contributed by atoms with Crippen LogP contribution < -0.4 is 5.32 Å². The molecule has 0 bridgehead atoms. The zero-order chi connectivity index (χ0) is 24.7. The summed E-state index contributed by atoms with van der Waals surface area (Å²) in [7, 11) is 1.89. The van der Waals surface area contributed by atoms with Gasteiger partial charge in [0.15, 0.2) is 0 Å². The molecule has 0 aliphatic rings. The van der Waals surface area contributed by atoms with Crippen molar-refractivity contribution in [1.29, 1.82) is 0 Å². The van der Waals surface area contributed by atoms with Gasteiger partial charge in [-0.05, 0) is 50.1 Å². The highest BCUT2D eigenvalue weighted by atomic mass is 16.1. The zero-order valence-corrected chi connectivity index (χ0v) is 20.3. The molecule has 4 aromatic heterocycles. The van der Waals surface area contributed by atoms with E-state index < -0.39 is 0 Å². The average molecular weight is 466 g/mol. The predicted octanol–water partition coefficient (Wildman–Crippen LogP) is 5.26. The standard InChI is InChI=1S/C27H27N7O/c1-6-24(35)31-23-11-18(9-8-16(23)3)25-21-10-19(22-14-30-34(7-2)17(22)4)12-28-27(21)32-26(25)20-13-29-33(5)15-20/h6,8-15H,1,7H2,2-5H3,(H,28,32)(H,31,35). The van der Waals surface area contributed by atoms with Crippen molar-refractivity contribution in [2.24, 2.45) is 7.05 Å². The van der Waals surface area contributed by atoms with Crippen LogP contribution >= 0.6 is 0 Å². The molecule has 0 unspecified atom stereocenters. The van der Waals surface area contributed by atoms with Crippen molar-refractivity contribution >= 4 is 22.6 Å². The van der Waals surface area contributed by atoms with Crippen LogP contribution in [-0.4, -0.2) is 35.4 Å². The first-order chi connectivity index (χ1) is 16.9. The second-order valence-electron chi connectivity index (χ2n) is 8.58. The highest BCUT2D eigenvalue weighted by molar-refractivity contribution is 6.05. The summed E-state index contributed by atoms with van der Waals surface area (Å²) < 4.78 is 3.75. The SMILES string of the molecule is C=CC(=O)Nc1cc(-c2c(-c3cnn(C)c3)[nH]c3ncc(-c4cnn(CC)c4C)cc23)ccc1C.